The molecule has 0 bridgehead atoms. The summed E-state index contributed by atoms with van der Waals surface area (Å²) in [6, 6.07) is 15.6. The van der Waals surface area contributed by atoms with E-state index < -0.39 is 0 Å². The van der Waals surface area contributed by atoms with Crippen molar-refractivity contribution in [2.24, 2.45) is 0 Å². The first-order valence-electron chi connectivity index (χ1n) is 12.2. The Morgan fingerprint density at radius 1 is 1.06 bits per heavy atom. The summed E-state index contributed by atoms with van der Waals surface area (Å²) < 4.78 is 20.2. The summed E-state index contributed by atoms with van der Waals surface area (Å²) in [7, 11) is 0. The van der Waals surface area contributed by atoms with E-state index in [9.17, 15) is 4.39 Å². The molecule has 0 aliphatic heterocycles. The van der Waals surface area contributed by atoms with Gasteiger partial charge in [0, 0.05) is 17.6 Å². The molecule has 1 atom stereocenters. The summed E-state index contributed by atoms with van der Waals surface area (Å²) in [5.74, 6) is -0.216. The quantitative estimate of drug-likeness (QED) is 0.194. The first-order valence-corrected chi connectivity index (χ1v) is 12.2. The lowest BCUT2D eigenvalue weighted by Crippen LogP contribution is -2.08. The molecule has 1 heterocycles. The van der Waals surface area contributed by atoms with Gasteiger partial charge in [0.05, 0.1) is 17.3 Å². The van der Waals surface area contributed by atoms with E-state index in [2.05, 4.69) is 50.8 Å². The van der Waals surface area contributed by atoms with Crippen LogP contribution in [0.1, 0.15) is 63.5 Å². The lowest BCUT2D eigenvalue weighted by atomic mass is 10.0. The zero-order chi connectivity index (χ0) is 23.5. The highest BCUT2D eigenvalue weighted by atomic mass is 19.1. The summed E-state index contributed by atoms with van der Waals surface area (Å²) in [6.07, 6.45) is 13.9. The van der Waals surface area contributed by atoms with Crippen LogP contribution in [0, 0.1) is 5.82 Å². The van der Waals surface area contributed by atoms with Gasteiger partial charge in [0.25, 0.3) is 0 Å². The number of rotatable bonds is 13. The van der Waals surface area contributed by atoms with Crippen molar-refractivity contribution in [2.75, 3.05) is 6.61 Å². The third-order valence-electron chi connectivity index (χ3n) is 5.87. The molecule has 3 rings (SSSR count). The maximum atomic E-state index is 14.3. The molecule has 3 heteroatoms. The van der Waals surface area contributed by atoms with Crippen LogP contribution >= 0.6 is 0 Å². The summed E-state index contributed by atoms with van der Waals surface area (Å²) in [5, 5.41) is 1.08. The Bertz CT molecular complexity index is 1070. The number of benzene rings is 2. The molecule has 0 saturated carbocycles. The number of halogens is 1. The molecule has 0 aliphatic carbocycles. The Kier molecular flexibility index (Phi) is 9.83. The molecule has 0 spiro atoms. The smallest absolute Gasteiger partial charge is 0.127 e. The molecule has 2 aromatic carbocycles. The molecule has 0 amide bonds. The second kappa shape index (κ2) is 13.1. The molecule has 2 nitrogen and oxygen atoms in total. The van der Waals surface area contributed by atoms with Crippen LogP contribution in [0.2, 0.25) is 0 Å². The van der Waals surface area contributed by atoms with Crippen LogP contribution in [0.4, 0.5) is 4.39 Å². The summed E-state index contributed by atoms with van der Waals surface area (Å²) in [5.41, 5.74) is 4.30. The van der Waals surface area contributed by atoms with Gasteiger partial charge in [0.1, 0.15) is 5.82 Å². The minimum Gasteiger partial charge on any atom is -0.379 e. The average Bonchev–Trinajstić information content (AvgIpc) is 2.82. The molecule has 3 aromatic rings. The van der Waals surface area contributed by atoms with Crippen molar-refractivity contribution >= 4 is 17.0 Å². The van der Waals surface area contributed by atoms with Crippen molar-refractivity contribution in [1.29, 1.82) is 0 Å². The first-order chi connectivity index (χ1) is 16.1. The molecular formula is C30H36FNO. The minimum absolute atomic E-state index is 0.216. The average molecular weight is 446 g/mol. The van der Waals surface area contributed by atoms with E-state index in [-0.39, 0.29) is 5.82 Å². The number of aromatic nitrogens is 1. The van der Waals surface area contributed by atoms with E-state index in [4.69, 9.17) is 9.72 Å². The number of ether oxygens (including phenoxy) is 1. The highest BCUT2D eigenvalue weighted by molar-refractivity contribution is 5.83. The van der Waals surface area contributed by atoms with Crippen LogP contribution in [0.5, 0.6) is 0 Å². The third kappa shape index (κ3) is 7.64. The highest BCUT2D eigenvalue weighted by Crippen LogP contribution is 2.24. The fourth-order valence-corrected chi connectivity index (χ4v) is 3.90. The van der Waals surface area contributed by atoms with Gasteiger partial charge in [-0.2, -0.15) is 0 Å². The molecule has 0 aliphatic rings. The number of nitrogens with zero attached hydrogens (tertiary/aromatic N) is 1. The fraction of sp³-hybridized carbons (Fsp3) is 0.367. The Hall–Kier alpha value is -2.78. The lowest BCUT2D eigenvalue weighted by molar-refractivity contribution is 0.0566. The van der Waals surface area contributed by atoms with E-state index in [0.29, 0.717) is 18.1 Å². The maximum Gasteiger partial charge on any atom is 0.127 e. The van der Waals surface area contributed by atoms with Gasteiger partial charge in [0.15, 0.2) is 0 Å². The van der Waals surface area contributed by atoms with Gasteiger partial charge in [-0.05, 0) is 74.4 Å². The number of hydrogen-bond donors (Lipinski definition) is 0. The van der Waals surface area contributed by atoms with Crippen molar-refractivity contribution < 1.29 is 9.13 Å². The predicted molar refractivity (Wildman–Crippen MR) is 139 cm³/mol. The zero-order valence-electron chi connectivity index (χ0n) is 20.0. The predicted octanol–water partition coefficient (Wildman–Crippen LogP) is 8.55. The minimum atomic E-state index is -0.216. The van der Waals surface area contributed by atoms with Crippen molar-refractivity contribution in [2.45, 2.75) is 64.9 Å². The van der Waals surface area contributed by atoms with Crippen LogP contribution < -0.4 is 0 Å². The van der Waals surface area contributed by atoms with Crippen LogP contribution in [-0.2, 0) is 11.2 Å². The van der Waals surface area contributed by atoms with Gasteiger partial charge >= 0.3 is 0 Å². The monoisotopic (exact) mass is 445 g/mol. The number of hydrogen-bond acceptors (Lipinski definition) is 2. The first kappa shape index (κ1) is 24.9. The van der Waals surface area contributed by atoms with Crippen molar-refractivity contribution in [1.82, 2.24) is 4.98 Å². The highest BCUT2D eigenvalue weighted by Gasteiger charge is 2.07. The topological polar surface area (TPSA) is 22.1 Å². The van der Waals surface area contributed by atoms with Gasteiger partial charge < -0.3 is 4.74 Å². The Morgan fingerprint density at radius 3 is 2.73 bits per heavy atom. The molecule has 1 unspecified atom stereocenters. The van der Waals surface area contributed by atoms with E-state index in [1.54, 1.807) is 12.1 Å². The number of allylic oxidation sites excluding steroid dienone is 2. The zero-order valence-corrected chi connectivity index (χ0v) is 20.0. The van der Waals surface area contributed by atoms with Gasteiger partial charge in [-0.25, -0.2) is 9.37 Å². The molecule has 0 radical (unpaired) electrons. The van der Waals surface area contributed by atoms with E-state index in [1.165, 1.54) is 18.4 Å². The van der Waals surface area contributed by atoms with Gasteiger partial charge in [-0.3, -0.25) is 0 Å². The van der Waals surface area contributed by atoms with Gasteiger partial charge in [-0.15, -0.1) is 6.58 Å². The molecule has 174 valence electrons. The maximum absolute atomic E-state index is 14.3. The largest absolute Gasteiger partial charge is 0.379 e. The lowest BCUT2D eigenvalue weighted by Gasteiger charge is -2.12. The van der Waals surface area contributed by atoms with Gasteiger partial charge in [0.2, 0.25) is 0 Å². The fourth-order valence-electron chi connectivity index (χ4n) is 3.90. The summed E-state index contributed by atoms with van der Waals surface area (Å²) in [6.45, 7) is 8.95. The molecular weight excluding hydrogens is 409 g/mol. The van der Waals surface area contributed by atoms with Crippen LogP contribution in [0.3, 0.4) is 0 Å². The second-order valence-electron chi connectivity index (χ2n) is 8.67. The number of fused-ring (bicyclic) bond motifs is 1. The van der Waals surface area contributed by atoms with Crippen LogP contribution in [-0.4, -0.2) is 17.7 Å². The number of unbranched alkanes of at least 4 members (excludes halogenated alkanes) is 3. The van der Waals surface area contributed by atoms with E-state index in [0.717, 1.165) is 54.5 Å². The summed E-state index contributed by atoms with van der Waals surface area (Å²) >= 11 is 0. The normalized spacial score (nSPS) is 12.5. The molecule has 0 saturated heterocycles. The Morgan fingerprint density at radius 2 is 1.94 bits per heavy atom. The van der Waals surface area contributed by atoms with E-state index >= 15 is 0 Å². The molecule has 0 fully saturated rings. The third-order valence-corrected chi connectivity index (χ3v) is 5.87. The van der Waals surface area contributed by atoms with E-state index in [1.807, 2.05) is 24.3 Å². The van der Waals surface area contributed by atoms with Gasteiger partial charge in [-0.1, -0.05) is 62.3 Å². The molecule has 0 N–H and O–H groups in total. The molecule has 1 aromatic heterocycles. The van der Waals surface area contributed by atoms with Crippen LogP contribution in [0.25, 0.3) is 28.2 Å². The Labute approximate surface area is 198 Å². The van der Waals surface area contributed by atoms with Crippen LogP contribution in [0.15, 0.2) is 67.3 Å². The summed E-state index contributed by atoms with van der Waals surface area (Å²) in [4.78, 5) is 4.74. The standard InChI is InChI=1S/C30H36FNO/c1-4-6-10-20-33-23(3)12-8-7-9-13-24-14-18-29-26(21-24)17-19-30(32-29)27-16-15-25(11-5-2)28(31)22-27/h5,9,13-19,21-23H,2,4,6-8,10-12,20H2,1,3H3/b13-9+. The van der Waals surface area contributed by atoms with Crippen molar-refractivity contribution in [3.63, 3.8) is 0 Å². The Balaban J connectivity index is 1.55. The number of pyridine rings is 1. The van der Waals surface area contributed by atoms with Crippen molar-refractivity contribution in [3.05, 3.63) is 84.2 Å². The second-order valence-corrected chi connectivity index (χ2v) is 8.67. The SMILES string of the molecule is C=CCc1ccc(-c2ccc3cc(/C=C/CCCC(C)OCCCCC)ccc3n2)cc1F. The molecule has 33 heavy (non-hydrogen) atoms. The van der Waals surface area contributed by atoms with Crippen molar-refractivity contribution in [3.8, 4) is 11.3 Å².